The molecule has 0 unspecified atom stereocenters. The molecule has 0 spiro atoms. The van der Waals surface area contributed by atoms with E-state index in [0.29, 0.717) is 13.1 Å². The zero-order valence-corrected chi connectivity index (χ0v) is 8.64. The van der Waals surface area contributed by atoms with Crippen LogP contribution in [0.1, 0.15) is 12.5 Å². The maximum absolute atomic E-state index is 12.6. The highest BCUT2D eigenvalue weighted by molar-refractivity contribution is 5.29. The van der Waals surface area contributed by atoms with Crippen molar-refractivity contribution in [2.75, 3.05) is 13.1 Å². The van der Waals surface area contributed by atoms with Gasteiger partial charge in [-0.2, -0.15) is 13.2 Å². The molecule has 0 aliphatic carbocycles. The predicted molar refractivity (Wildman–Crippen MR) is 51.1 cm³/mol. The minimum absolute atomic E-state index is 0.348. The van der Waals surface area contributed by atoms with E-state index >= 15 is 0 Å². The molecule has 1 N–H and O–H groups in total. The molecule has 3 nitrogen and oxygen atoms in total. The van der Waals surface area contributed by atoms with E-state index in [0.717, 1.165) is 6.07 Å². The van der Waals surface area contributed by atoms with Gasteiger partial charge in [0.05, 0.1) is 0 Å². The summed E-state index contributed by atoms with van der Waals surface area (Å²) in [4.78, 5) is 3.64. The van der Waals surface area contributed by atoms with Crippen LogP contribution >= 0.6 is 0 Å². The second-order valence-electron chi connectivity index (χ2n) is 4.01. The molecule has 0 atom stereocenters. The number of aromatic nitrogens is 1. The number of halogens is 3. The molecule has 0 saturated carbocycles. The Kier molecular flexibility index (Phi) is 2.53. The molecule has 0 aromatic carbocycles. The number of rotatable bonds is 2. The van der Waals surface area contributed by atoms with Gasteiger partial charge in [0.1, 0.15) is 11.2 Å². The normalized spacial score (nSPS) is 19.0. The van der Waals surface area contributed by atoms with Gasteiger partial charge in [0.25, 0.3) is 0 Å². The number of nitrogens with zero attached hydrogens (tertiary/aromatic N) is 1. The number of hydrogen-bond acceptors (Lipinski definition) is 3. The van der Waals surface area contributed by atoms with Crippen molar-refractivity contribution in [2.24, 2.45) is 0 Å². The van der Waals surface area contributed by atoms with Crippen molar-refractivity contribution in [3.8, 4) is 5.88 Å². The van der Waals surface area contributed by atoms with Gasteiger partial charge in [-0.15, -0.1) is 0 Å². The molecule has 0 amide bonds. The largest absolute Gasteiger partial charge is 0.468 e. The van der Waals surface area contributed by atoms with E-state index in [9.17, 15) is 13.2 Å². The average molecular weight is 232 g/mol. The minimum atomic E-state index is -4.43. The Balaban J connectivity index is 2.26. The molecule has 1 aromatic rings. The van der Waals surface area contributed by atoms with Crippen LogP contribution in [0.15, 0.2) is 18.3 Å². The highest BCUT2D eigenvalue weighted by Gasteiger charge is 2.39. The monoisotopic (exact) mass is 232 g/mol. The van der Waals surface area contributed by atoms with Gasteiger partial charge < -0.3 is 10.1 Å². The van der Waals surface area contributed by atoms with E-state index in [1.165, 1.54) is 12.3 Å². The Morgan fingerprint density at radius 1 is 1.44 bits per heavy atom. The second kappa shape index (κ2) is 3.62. The van der Waals surface area contributed by atoms with Gasteiger partial charge >= 0.3 is 6.18 Å². The van der Waals surface area contributed by atoms with E-state index in [-0.39, 0.29) is 5.88 Å². The van der Waals surface area contributed by atoms with Gasteiger partial charge in [0, 0.05) is 19.3 Å². The zero-order valence-electron chi connectivity index (χ0n) is 8.64. The summed E-state index contributed by atoms with van der Waals surface area (Å²) in [6.07, 6.45) is -3.14. The predicted octanol–water partition coefficient (Wildman–Crippen LogP) is 1.84. The van der Waals surface area contributed by atoms with Crippen LogP contribution in [0.3, 0.4) is 0 Å². The topological polar surface area (TPSA) is 34.1 Å². The molecule has 0 bridgehead atoms. The first-order valence-electron chi connectivity index (χ1n) is 4.83. The third kappa shape index (κ3) is 2.11. The lowest BCUT2D eigenvalue weighted by Gasteiger charge is -2.39. The van der Waals surface area contributed by atoms with Crippen molar-refractivity contribution < 1.29 is 17.9 Å². The first kappa shape index (κ1) is 11.2. The molecular weight excluding hydrogens is 221 g/mol. The Labute approximate surface area is 90.6 Å². The fourth-order valence-corrected chi connectivity index (χ4v) is 1.47. The number of nitrogens with one attached hydrogen (secondary N) is 1. The maximum Gasteiger partial charge on any atom is 0.421 e. The van der Waals surface area contributed by atoms with Gasteiger partial charge in [0.2, 0.25) is 5.88 Å². The lowest BCUT2D eigenvalue weighted by Crippen LogP contribution is -2.61. The fourth-order valence-electron chi connectivity index (χ4n) is 1.47. The quantitative estimate of drug-likeness (QED) is 0.844. The maximum atomic E-state index is 12.6. The average Bonchev–Trinajstić information content (AvgIpc) is 2.14. The molecule has 1 aliphatic heterocycles. The van der Waals surface area contributed by atoms with Crippen LogP contribution in [0, 0.1) is 0 Å². The molecule has 1 saturated heterocycles. The van der Waals surface area contributed by atoms with Crippen molar-refractivity contribution >= 4 is 0 Å². The van der Waals surface area contributed by atoms with Crippen molar-refractivity contribution in [3.05, 3.63) is 23.9 Å². The smallest absolute Gasteiger partial charge is 0.421 e. The molecule has 16 heavy (non-hydrogen) atoms. The third-order valence-corrected chi connectivity index (χ3v) is 2.42. The molecule has 2 rings (SSSR count). The number of alkyl halides is 3. The van der Waals surface area contributed by atoms with Gasteiger partial charge in [-0.25, -0.2) is 4.98 Å². The highest BCUT2D eigenvalue weighted by atomic mass is 19.4. The van der Waals surface area contributed by atoms with E-state index in [4.69, 9.17) is 4.74 Å². The lowest BCUT2D eigenvalue weighted by molar-refractivity contribution is -0.140. The van der Waals surface area contributed by atoms with Gasteiger partial charge in [-0.05, 0) is 19.1 Å². The summed E-state index contributed by atoms with van der Waals surface area (Å²) < 4.78 is 43.1. The molecule has 88 valence electrons. The third-order valence-electron chi connectivity index (χ3n) is 2.42. The van der Waals surface area contributed by atoms with E-state index < -0.39 is 17.3 Å². The summed E-state index contributed by atoms with van der Waals surface area (Å²) in [6, 6.07) is 2.22. The highest BCUT2D eigenvalue weighted by Crippen LogP contribution is 2.36. The van der Waals surface area contributed by atoms with E-state index in [1.54, 1.807) is 6.92 Å². The SMILES string of the molecule is CC1(Oc2ncccc2C(F)(F)F)CNC1. The Morgan fingerprint density at radius 2 is 2.12 bits per heavy atom. The van der Waals surface area contributed by atoms with Crippen molar-refractivity contribution in [1.29, 1.82) is 0 Å². The van der Waals surface area contributed by atoms with Gasteiger partial charge in [0.15, 0.2) is 0 Å². The molecule has 0 radical (unpaired) electrons. The van der Waals surface area contributed by atoms with Crippen LogP contribution in [0.2, 0.25) is 0 Å². The van der Waals surface area contributed by atoms with Gasteiger partial charge in [-0.1, -0.05) is 0 Å². The first-order chi connectivity index (χ1) is 7.41. The Hall–Kier alpha value is -1.30. The Bertz CT molecular complexity index is 388. The zero-order chi connectivity index (χ0) is 11.8. The van der Waals surface area contributed by atoms with Crippen LogP contribution in [0.25, 0.3) is 0 Å². The van der Waals surface area contributed by atoms with Crippen molar-refractivity contribution in [3.63, 3.8) is 0 Å². The molecule has 2 heterocycles. The summed E-state index contributed by atoms with van der Waals surface area (Å²) >= 11 is 0. The van der Waals surface area contributed by atoms with Crippen LogP contribution in [0.4, 0.5) is 13.2 Å². The Morgan fingerprint density at radius 3 is 2.62 bits per heavy atom. The standard InChI is InChI=1S/C10H11F3N2O/c1-9(5-14-6-9)16-8-7(10(11,12)13)3-2-4-15-8/h2-4,14H,5-6H2,1H3. The summed E-state index contributed by atoms with van der Waals surface area (Å²) in [6.45, 7) is 2.81. The van der Waals surface area contributed by atoms with Crippen LogP contribution < -0.4 is 10.1 Å². The lowest BCUT2D eigenvalue weighted by atomic mass is 10.00. The van der Waals surface area contributed by atoms with E-state index in [2.05, 4.69) is 10.3 Å². The number of hydrogen-bond donors (Lipinski definition) is 1. The summed E-state index contributed by atoms with van der Waals surface area (Å²) in [5.41, 5.74) is -1.42. The van der Waals surface area contributed by atoms with Crippen LogP contribution in [0.5, 0.6) is 5.88 Å². The van der Waals surface area contributed by atoms with Crippen LogP contribution in [-0.2, 0) is 6.18 Å². The molecule has 1 aromatic heterocycles. The number of pyridine rings is 1. The van der Waals surface area contributed by atoms with Crippen molar-refractivity contribution in [1.82, 2.24) is 10.3 Å². The first-order valence-corrected chi connectivity index (χ1v) is 4.83. The summed E-state index contributed by atoms with van der Waals surface area (Å²) in [5, 5.41) is 2.95. The van der Waals surface area contributed by atoms with Crippen LogP contribution in [-0.4, -0.2) is 23.7 Å². The second-order valence-corrected chi connectivity index (χ2v) is 4.01. The van der Waals surface area contributed by atoms with Crippen molar-refractivity contribution in [2.45, 2.75) is 18.7 Å². The minimum Gasteiger partial charge on any atom is -0.468 e. The summed E-state index contributed by atoms with van der Waals surface area (Å²) in [7, 11) is 0. The van der Waals surface area contributed by atoms with E-state index in [1.807, 2.05) is 0 Å². The molecule has 1 fully saturated rings. The molecule has 1 aliphatic rings. The summed E-state index contributed by atoms with van der Waals surface area (Å²) in [5.74, 6) is -0.348. The fraction of sp³-hybridized carbons (Fsp3) is 0.500. The molecular formula is C10H11F3N2O. The molecule has 6 heteroatoms. The number of ether oxygens (including phenoxy) is 1. The van der Waals surface area contributed by atoms with Gasteiger partial charge in [-0.3, -0.25) is 0 Å².